The minimum atomic E-state index is -0.0109. The van der Waals surface area contributed by atoms with E-state index in [1.807, 2.05) is 17.0 Å². The molecular weight excluding hydrogens is 328 g/mol. The molecule has 0 aromatic carbocycles. The van der Waals surface area contributed by atoms with Crippen LogP contribution in [0.2, 0.25) is 0 Å². The maximum Gasteiger partial charge on any atom is 0.255 e. The first-order valence-corrected chi connectivity index (χ1v) is 9.78. The number of hydrogen-bond acceptors (Lipinski definition) is 5. The van der Waals surface area contributed by atoms with Crippen molar-refractivity contribution in [1.82, 2.24) is 15.2 Å². The average molecular weight is 358 g/mol. The number of piperidine rings is 1. The van der Waals surface area contributed by atoms with Gasteiger partial charge in [0.25, 0.3) is 5.91 Å². The molecule has 1 amide bonds. The van der Waals surface area contributed by atoms with E-state index in [1.165, 1.54) is 0 Å². The van der Waals surface area contributed by atoms with Crippen LogP contribution < -0.4 is 10.2 Å². The summed E-state index contributed by atoms with van der Waals surface area (Å²) in [7, 11) is 0. The fraction of sp³-hybridized carbons (Fsp3) is 0.650. The number of anilines is 1. The molecule has 1 aromatic heterocycles. The standard InChI is InChI=1S/C20H30N4O2/c1-15(2)12-18(25)17-4-3-9-24(14-17)20(26)16-5-6-19(22-13-16)23-10-7-21-8-11-23/h5-6,13,15,17,21H,3-4,7-12,14H2,1-2H3. The van der Waals surface area contributed by atoms with Gasteiger partial charge in [-0.25, -0.2) is 4.98 Å². The van der Waals surface area contributed by atoms with E-state index in [2.05, 4.69) is 29.0 Å². The molecule has 1 N–H and O–H groups in total. The number of carbonyl (C=O) groups is 2. The van der Waals surface area contributed by atoms with Crippen LogP contribution in [-0.4, -0.2) is 60.8 Å². The van der Waals surface area contributed by atoms with Crippen LogP contribution in [-0.2, 0) is 4.79 Å². The molecule has 1 unspecified atom stereocenters. The van der Waals surface area contributed by atoms with Crippen LogP contribution in [0.4, 0.5) is 5.82 Å². The first-order chi connectivity index (χ1) is 12.5. The Balaban J connectivity index is 1.62. The highest BCUT2D eigenvalue weighted by Crippen LogP contribution is 2.22. The molecule has 0 bridgehead atoms. The normalized spacial score (nSPS) is 21.1. The van der Waals surface area contributed by atoms with Gasteiger partial charge in [0.15, 0.2) is 0 Å². The van der Waals surface area contributed by atoms with Crippen molar-refractivity contribution >= 4 is 17.5 Å². The van der Waals surface area contributed by atoms with Crippen molar-refractivity contribution in [3.8, 4) is 0 Å². The first-order valence-electron chi connectivity index (χ1n) is 9.78. The molecule has 1 aromatic rings. The van der Waals surface area contributed by atoms with Gasteiger partial charge in [-0.1, -0.05) is 13.8 Å². The molecule has 142 valence electrons. The Morgan fingerprint density at radius 3 is 2.65 bits per heavy atom. The molecule has 3 rings (SSSR count). The number of ketones is 1. The third-order valence-corrected chi connectivity index (χ3v) is 5.21. The Bertz CT molecular complexity index is 623. The summed E-state index contributed by atoms with van der Waals surface area (Å²) in [6.45, 7) is 9.19. The van der Waals surface area contributed by atoms with Crippen LogP contribution >= 0.6 is 0 Å². The van der Waals surface area contributed by atoms with E-state index in [1.54, 1.807) is 6.20 Å². The number of aromatic nitrogens is 1. The van der Waals surface area contributed by atoms with Crippen molar-refractivity contribution < 1.29 is 9.59 Å². The van der Waals surface area contributed by atoms with Gasteiger partial charge in [-0.2, -0.15) is 0 Å². The van der Waals surface area contributed by atoms with Crippen LogP contribution in [0.5, 0.6) is 0 Å². The molecule has 0 aliphatic carbocycles. The second-order valence-electron chi connectivity index (χ2n) is 7.80. The molecule has 0 saturated carbocycles. The predicted molar refractivity (Wildman–Crippen MR) is 102 cm³/mol. The Hall–Kier alpha value is -1.95. The molecule has 0 spiro atoms. The molecule has 0 radical (unpaired) electrons. The minimum Gasteiger partial charge on any atom is -0.354 e. The Morgan fingerprint density at radius 2 is 2.00 bits per heavy atom. The van der Waals surface area contributed by atoms with E-state index < -0.39 is 0 Å². The largest absolute Gasteiger partial charge is 0.354 e. The lowest BCUT2D eigenvalue weighted by atomic mass is 9.89. The maximum absolute atomic E-state index is 12.8. The van der Waals surface area contributed by atoms with Crippen LogP contribution in [0.25, 0.3) is 0 Å². The number of carbonyl (C=O) groups excluding carboxylic acids is 2. The fourth-order valence-corrected chi connectivity index (χ4v) is 3.77. The zero-order chi connectivity index (χ0) is 18.5. The monoisotopic (exact) mass is 358 g/mol. The molecule has 6 nitrogen and oxygen atoms in total. The fourth-order valence-electron chi connectivity index (χ4n) is 3.77. The lowest BCUT2D eigenvalue weighted by molar-refractivity contribution is -0.124. The van der Waals surface area contributed by atoms with Gasteiger partial charge in [-0.05, 0) is 30.9 Å². The van der Waals surface area contributed by atoms with Crippen LogP contribution in [0.15, 0.2) is 18.3 Å². The summed E-state index contributed by atoms with van der Waals surface area (Å²) >= 11 is 0. The molecule has 2 aliphatic rings. The zero-order valence-corrected chi connectivity index (χ0v) is 15.9. The lowest BCUT2D eigenvalue weighted by Gasteiger charge is -2.32. The van der Waals surface area contributed by atoms with Crippen molar-refractivity contribution in [3.63, 3.8) is 0 Å². The van der Waals surface area contributed by atoms with Gasteiger partial charge in [0.1, 0.15) is 11.6 Å². The van der Waals surface area contributed by atoms with Gasteiger partial charge in [-0.15, -0.1) is 0 Å². The van der Waals surface area contributed by atoms with Gasteiger partial charge in [-0.3, -0.25) is 9.59 Å². The molecule has 2 aliphatic heterocycles. The molecule has 3 heterocycles. The van der Waals surface area contributed by atoms with Gasteiger partial charge in [0.2, 0.25) is 0 Å². The van der Waals surface area contributed by atoms with E-state index in [0.29, 0.717) is 30.2 Å². The zero-order valence-electron chi connectivity index (χ0n) is 15.9. The molecule has 2 saturated heterocycles. The summed E-state index contributed by atoms with van der Waals surface area (Å²) in [5.74, 6) is 1.57. The third kappa shape index (κ3) is 4.61. The van der Waals surface area contributed by atoms with Gasteiger partial charge >= 0.3 is 0 Å². The SMILES string of the molecule is CC(C)CC(=O)C1CCCN(C(=O)c2ccc(N3CCNCC3)nc2)C1. The lowest BCUT2D eigenvalue weighted by Crippen LogP contribution is -2.44. The summed E-state index contributed by atoms with van der Waals surface area (Å²) in [6, 6.07) is 3.80. The highest BCUT2D eigenvalue weighted by atomic mass is 16.2. The number of likely N-dealkylation sites (tertiary alicyclic amines) is 1. The second kappa shape index (κ2) is 8.62. The number of amides is 1. The van der Waals surface area contributed by atoms with E-state index >= 15 is 0 Å². The van der Waals surface area contributed by atoms with Crippen molar-refractivity contribution in [2.75, 3.05) is 44.2 Å². The number of nitrogens with zero attached hydrogens (tertiary/aromatic N) is 3. The number of piperazine rings is 1. The van der Waals surface area contributed by atoms with E-state index in [-0.39, 0.29) is 11.8 Å². The number of Topliss-reactive ketones (excluding diaryl/α,β-unsaturated/α-hetero) is 1. The summed E-state index contributed by atoms with van der Waals surface area (Å²) in [5.41, 5.74) is 0.612. The van der Waals surface area contributed by atoms with Gasteiger partial charge in [0.05, 0.1) is 5.56 Å². The first kappa shape index (κ1) is 18.8. The Labute approximate surface area is 156 Å². The van der Waals surface area contributed by atoms with Crippen molar-refractivity contribution in [3.05, 3.63) is 23.9 Å². The number of nitrogens with one attached hydrogen (secondary N) is 1. The van der Waals surface area contributed by atoms with Gasteiger partial charge < -0.3 is 15.1 Å². The molecule has 1 atom stereocenters. The van der Waals surface area contributed by atoms with Crippen LogP contribution in [0, 0.1) is 11.8 Å². The summed E-state index contributed by atoms with van der Waals surface area (Å²) in [5, 5.41) is 3.32. The maximum atomic E-state index is 12.8. The van der Waals surface area contributed by atoms with Crippen LogP contribution in [0.1, 0.15) is 43.5 Å². The summed E-state index contributed by atoms with van der Waals surface area (Å²) in [4.78, 5) is 33.8. The van der Waals surface area contributed by atoms with Crippen molar-refractivity contribution in [2.45, 2.75) is 33.1 Å². The number of pyridine rings is 1. The third-order valence-electron chi connectivity index (χ3n) is 5.21. The molecule has 2 fully saturated rings. The van der Waals surface area contributed by atoms with Gasteiger partial charge in [0, 0.05) is 57.8 Å². The van der Waals surface area contributed by atoms with Crippen molar-refractivity contribution in [2.24, 2.45) is 11.8 Å². The van der Waals surface area contributed by atoms with E-state index in [9.17, 15) is 9.59 Å². The Kier molecular flexibility index (Phi) is 6.25. The van der Waals surface area contributed by atoms with E-state index in [0.717, 1.165) is 51.4 Å². The average Bonchev–Trinajstić information content (AvgIpc) is 2.68. The highest BCUT2D eigenvalue weighted by molar-refractivity contribution is 5.94. The smallest absolute Gasteiger partial charge is 0.255 e. The number of rotatable bonds is 5. The van der Waals surface area contributed by atoms with Crippen molar-refractivity contribution in [1.29, 1.82) is 0 Å². The Morgan fingerprint density at radius 1 is 1.23 bits per heavy atom. The summed E-state index contributed by atoms with van der Waals surface area (Å²) < 4.78 is 0. The minimum absolute atomic E-state index is 0.00796. The number of hydrogen-bond donors (Lipinski definition) is 1. The topological polar surface area (TPSA) is 65.5 Å². The molecule has 6 heteroatoms. The second-order valence-corrected chi connectivity index (χ2v) is 7.80. The summed E-state index contributed by atoms with van der Waals surface area (Å²) in [6.07, 6.45) is 4.08. The van der Waals surface area contributed by atoms with Crippen LogP contribution in [0.3, 0.4) is 0 Å². The quantitative estimate of drug-likeness (QED) is 0.872. The van der Waals surface area contributed by atoms with E-state index in [4.69, 9.17) is 0 Å². The predicted octanol–water partition coefficient (Wildman–Crippen LogP) is 1.96. The molecular formula is C20H30N4O2. The molecule has 26 heavy (non-hydrogen) atoms. The highest BCUT2D eigenvalue weighted by Gasteiger charge is 2.29.